The average molecular weight is 491 g/mol. The molecule has 0 aliphatic carbocycles. The fraction of sp³-hybridized carbons (Fsp3) is 0.190. The molecule has 2 amide bonds. The third-order valence-corrected chi connectivity index (χ3v) is 6.03. The molecule has 2 aromatic carbocycles. The molecular weight excluding hydrogens is 472 g/mol. The summed E-state index contributed by atoms with van der Waals surface area (Å²) in [5.41, 5.74) is 1.61. The minimum atomic E-state index is -0.129. The van der Waals surface area contributed by atoms with Crippen LogP contribution >= 0.6 is 39.9 Å². The van der Waals surface area contributed by atoms with Crippen LogP contribution in [0.25, 0.3) is 6.08 Å². The van der Waals surface area contributed by atoms with E-state index in [9.17, 15) is 9.59 Å². The second-order valence-corrected chi connectivity index (χ2v) is 8.86. The van der Waals surface area contributed by atoms with Crippen LogP contribution in [-0.4, -0.2) is 34.7 Å². The molecule has 0 bridgehead atoms. The van der Waals surface area contributed by atoms with E-state index in [2.05, 4.69) is 21.2 Å². The monoisotopic (exact) mass is 490 g/mol. The van der Waals surface area contributed by atoms with Crippen LogP contribution < -0.4 is 10.1 Å². The highest BCUT2D eigenvalue weighted by Crippen LogP contribution is 2.33. The summed E-state index contributed by atoms with van der Waals surface area (Å²) in [4.78, 5) is 27.0. The van der Waals surface area contributed by atoms with E-state index in [0.717, 1.165) is 21.5 Å². The number of rotatable bonds is 7. The Kier molecular flexibility index (Phi) is 7.46. The van der Waals surface area contributed by atoms with Crippen LogP contribution in [0.2, 0.25) is 0 Å². The zero-order valence-corrected chi connectivity index (χ0v) is 18.9. The molecular formula is C21H19BrN2O3S2. The third-order valence-electron chi connectivity index (χ3n) is 4.16. The quantitative estimate of drug-likeness (QED) is 0.433. The van der Waals surface area contributed by atoms with Gasteiger partial charge in [-0.2, -0.15) is 0 Å². The van der Waals surface area contributed by atoms with Crippen molar-refractivity contribution in [2.75, 3.05) is 19.0 Å². The predicted molar refractivity (Wildman–Crippen MR) is 125 cm³/mol. The predicted octanol–water partition coefficient (Wildman–Crippen LogP) is 5.08. The lowest BCUT2D eigenvalue weighted by Gasteiger charge is -2.14. The first kappa shape index (κ1) is 21.5. The van der Waals surface area contributed by atoms with Gasteiger partial charge in [-0.05, 0) is 48.4 Å². The number of thioether (sulfide) groups is 1. The summed E-state index contributed by atoms with van der Waals surface area (Å²) in [6.45, 7) is 0.409. The van der Waals surface area contributed by atoms with Gasteiger partial charge in [0.05, 0.1) is 12.0 Å². The van der Waals surface area contributed by atoms with Crippen LogP contribution in [0.15, 0.2) is 57.9 Å². The van der Waals surface area contributed by atoms with E-state index in [4.69, 9.17) is 17.0 Å². The number of hydrogen-bond acceptors (Lipinski definition) is 5. The minimum Gasteiger partial charge on any atom is -0.497 e. The number of benzene rings is 2. The van der Waals surface area contributed by atoms with Gasteiger partial charge in [0.25, 0.3) is 5.91 Å². The summed E-state index contributed by atoms with van der Waals surface area (Å²) in [5, 5.41) is 2.85. The van der Waals surface area contributed by atoms with E-state index >= 15 is 0 Å². The molecule has 1 N–H and O–H groups in total. The van der Waals surface area contributed by atoms with Gasteiger partial charge in [-0.15, -0.1) is 0 Å². The maximum Gasteiger partial charge on any atom is 0.266 e. The zero-order chi connectivity index (χ0) is 20.8. The van der Waals surface area contributed by atoms with Crippen LogP contribution in [0.5, 0.6) is 5.75 Å². The molecule has 1 aliphatic rings. The van der Waals surface area contributed by atoms with Gasteiger partial charge in [0.15, 0.2) is 0 Å². The fourth-order valence-corrected chi connectivity index (χ4v) is 4.47. The van der Waals surface area contributed by atoms with E-state index in [1.807, 2.05) is 54.6 Å². The van der Waals surface area contributed by atoms with Crippen LogP contribution in [0.3, 0.4) is 0 Å². The Morgan fingerprint density at radius 1 is 1.28 bits per heavy atom. The van der Waals surface area contributed by atoms with Crippen molar-refractivity contribution >= 4 is 67.8 Å². The smallest absolute Gasteiger partial charge is 0.266 e. The van der Waals surface area contributed by atoms with Crippen molar-refractivity contribution in [2.24, 2.45) is 0 Å². The highest BCUT2D eigenvalue weighted by Gasteiger charge is 2.31. The van der Waals surface area contributed by atoms with Crippen molar-refractivity contribution in [1.29, 1.82) is 0 Å². The molecule has 0 aromatic heterocycles. The molecule has 1 aliphatic heterocycles. The Morgan fingerprint density at radius 2 is 2.07 bits per heavy atom. The molecule has 0 radical (unpaired) electrons. The third kappa shape index (κ3) is 5.91. The number of ether oxygens (including phenoxy) is 1. The molecule has 1 fully saturated rings. The van der Waals surface area contributed by atoms with Crippen molar-refractivity contribution < 1.29 is 14.3 Å². The van der Waals surface area contributed by atoms with Gasteiger partial charge in [-0.1, -0.05) is 58.1 Å². The largest absolute Gasteiger partial charge is 0.497 e. The van der Waals surface area contributed by atoms with E-state index in [1.54, 1.807) is 12.0 Å². The van der Waals surface area contributed by atoms with Gasteiger partial charge in [-0.3, -0.25) is 14.5 Å². The maximum absolute atomic E-state index is 12.7. The number of nitrogens with zero attached hydrogens (tertiary/aromatic N) is 1. The lowest BCUT2D eigenvalue weighted by atomic mass is 10.2. The SMILES string of the molecule is COc1cccc(/C=C2/SC(=S)N(CCCC(=O)Nc3cccc(Br)c3)C2=O)c1. The van der Waals surface area contributed by atoms with Crippen molar-refractivity contribution in [3.63, 3.8) is 0 Å². The molecule has 5 nitrogen and oxygen atoms in total. The Bertz CT molecular complexity index is 978. The summed E-state index contributed by atoms with van der Waals surface area (Å²) >= 11 is 10.0. The van der Waals surface area contributed by atoms with Crippen molar-refractivity contribution in [3.8, 4) is 5.75 Å². The molecule has 0 saturated carbocycles. The van der Waals surface area contributed by atoms with Gasteiger partial charge < -0.3 is 10.1 Å². The van der Waals surface area contributed by atoms with Crippen LogP contribution in [0, 0.1) is 0 Å². The Balaban J connectivity index is 1.54. The molecule has 0 spiro atoms. The number of halogens is 1. The first-order valence-electron chi connectivity index (χ1n) is 8.91. The van der Waals surface area contributed by atoms with Gasteiger partial charge in [0.1, 0.15) is 10.1 Å². The summed E-state index contributed by atoms with van der Waals surface area (Å²) in [6, 6.07) is 14.9. The fourth-order valence-electron chi connectivity index (χ4n) is 2.76. The van der Waals surface area contributed by atoms with Crippen LogP contribution in [0.1, 0.15) is 18.4 Å². The molecule has 3 rings (SSSR count). The standard InChI is InChI=1S/C21H19BrN2O3S2/c1-27-17-8-2-5-14(11-17)12-18-20(26)24(21(28)29-18)10-4-9-19(25)23-16-7-3-6-15(22)13-16/h2-3,5-8,11-13H,4,9-10H2,1H3,(H,23,25)/b18-12+. The second-order valence-electron chi connectivity index (χ2n) is 6.27. The van der Waals surface area contributed by atoms with E-state index in [0.29, 0.717) is 28.6 Å². The molecule has 0 atom stereocenters. The molecule has 0 unspecified atom stereocenters. The Morgan fingerprint density at radius 3 is 2.83 bits per heavy atom. The Hall–Kier alpha value is -2.16. The van der Waals surface area contributed by atoms with Crippen molar-refractivity contribution in [3.05, 3.63) is 63.5 Å². The van der Waals surface area contributed by atoms with Gasteiger partial charge >= 0.3 is 0 Å². The number of methoxy groups -OCH3 is 1. The second kappa shape index (κ2) is 10.0. The van der Waals surface area contributed by atoms with Crippen LogP contribution in [0.4, 0.5) is 5.69 Å². The number of thiocarbonyl (C=S) groups is 1. The maximum atomic E-state index is 12.7. The number of carbonyl (C=O) groups is 2. The van der Waals surface area contributed by atoms with Crippen LogP contribution in [-0.2, 0) is 9.59 Å². The summed E-state index contributed by atoms with van der Waals surface area (Å²) < 4.78 is 6.62. The van der Waals surface area contributed by atoms with E-state index in [1.165, 1.54) is 11.8 Å². The number of anilines is 1. The molecule has 1 saturated heterocycles. The Labute approximate surface area is 187 Å². The number of carbonyl (C=O) groups excluding carboxylic acids is 2. The number of amides is 2. The lowest BCUT2D eigenvalue weighted by molar-refractivity contribution is -0.122. The topological polar surface area (TPSA) is 58.6 Å². The highest BCUT2D eigenvalue weighted by atomic mass is 79.9. The first-order chi connectivity index (χ1) is 14.0. The molecule has 2 aromatic rings. The normalized spacial score (nSPS) is 15.1. The zero-order valence-electron chi connectivity index (χ0n) is 15.7. The summed E-state index contributed by atoms with van der Waals surface area (Å²) in [5.74, 6) is 0.501. The summed E-state index contributed by atoms with van der Waals surface area (Å²) in [7, 11) is 1.60. The highest BCUT2D eigenvalue weighted by molar-refractivity contribution is 9.10. The molecule has 29 heavy (non-hydrogen) atoms. The van der Waals surface area contributed by atoms with Crippen molar-refractivity contribution in [2.45, 2.75) is 12.8 Å². The van der Waals surface area contributed by atoms with Gasteiger partial charge in [-0.25, -0.2) is 0 Å². The first-order valence-corrected chi connectivity index (χ1v) is 10.9. The minimum absolute atomic E-state index is 0.0968. The number of hydrogen-bond donors (Lipinski definition) is 1. The van der Waals surface area contributed by atoms with E-state index in [-0.39, 0.29) is 11.8 Å². The molecule has 150 valence electrons. The number of nitrogens with one attached hydrogen (secondary N) is 1. The lowest BCUT2D eigenvalue weighted by Crippen LogP contribution is -2.29. The van der Waals surface area contributed by atoms with Gasteiger partial charge in [0, 0.05) is 23.1 Å². The summed E-state index contributed by atoms with van der Waals surface area (Å²) in [6.07, 6.45) is 2.64. The van der Waals surface area contributed by atoms with Gasteiger partial charge in [0.2, 0.25) is 5.91 Å². The van der Waals surface area contributed by atoms with Crippen molar-refractivity contribution in [1.82, 2.24) is 4.90 Å². The molecule has 8 heteroatoms. The van der Waals surface area contributed by atoms with E-state index < -0.39 is 0 Å². The average Bonchev–Trinajstić information content (AvgIpc) is 2.95. The molecule has 1 heterocycles.